The van der Waals surface area contributed by atoms with Crippen molar-refractivity contribution >= 4 is 34.9 Å². The van der Waals surface area contributed by atoms with Crippen LogP contribution in [-0.2, 0) is 20.0 Å². The van der Waals surface area contributed by atoms with Gasteiger partial charge in [-0.3, -0.25) is 9.36 Å². The zero-order valence-corrected chi connectivity index (χ0v) is 19.8. The van der Waals surface area contributed by atoms with Crippen molar-refractivity contribution in [1.29, 1.82) is 0 Å². The van der Waals surface area contributed by atoms with E-state index in [1.54, 1.807) is 29.9 Å². The zero-order chi connectivity index (χ0) is 21.7. The summed E-state index contributed by atoms with van der Waals surface area (Å²) >= 11 is 6.08. The fourth-order valence-corrected chi connectivity index (χ4v) is 4.77. The van der Waals surface area contributed by atoms with Crippen molar-refractivity contribution in [2.24, 2.45) is 7.05 Å². The molecule has 0 atom stereocenters. The monoisotopic (exact) mass is 469 g/mol. The van der Waals surface area contributed by atoms with Crippen molar-refractivity contribution in [2.45, 2.75) is 13.0 Å². The van der Waals surface area contributed by atoms with Crippen molar-refractivity contribution in [3.63, 3.8) is 0 Å². The molecule has 0 saturated carbocycles. The van der Waals surface area contributed by atoms with Gasteiger partial charge in [0.25, 0.3) is 5.56 Å². The Hall–Kier alpha value is -2.73. The van der Waals surface area contributed by atoms with Gasteiger partial charge in [-0.25, -0.2) is 0 Å². The molecule has 2 aromatic heterocycles. The molecule has 0 saturated heterocycles. The summed E-state index contributed by atoms with van der Waals surface area (Å²) in [7, 11) is 5.88. The number of ether oxygens (including phenoxy) is 1. The zero-order valence-electron chi connectivity index (χ0n) is 18.3. The number of benzene rings is 2. The first kappa shape index (κ1) is 22.5. The SMILES string of the molecule is COc1cc(Cl)ccc1-c1ccn(-c2ccc3c4c(n(C)c3c2)CCN(C)C4)c(=O)c1.Cl. The molecular formula is C25H25Cl2N3O2. The molecule has 5 nitrogen and oxygen atoms in total. The predicted octanol–water partition coefficient (Wildman–Crippen LogP) is 5.07. The Balaban J connectivity index is 0.00000245. The Morgan fingerprint density at radius 2 is 1.84 bits per heavy atom. The fourth-order valence-electron chi connectivity index (χ4n) is 4.61. The lowest BCUT2D eigenvalue weighted by atomic mass is 10.0. The molecule has 166 valence electrons. The van der Waals surface area contributed by atoms with Gasteiger partial charge in [0, 0.05) is 60.5 Å². The third-order valence-corrected chi connectivity index (χ3v) is 6.49. The largest absolute Gasteiger partial charge is 0.496 e. The van der Waals surface area contributed by atoms with Crippen molar-refractivity contribution in [2.75, 3.05) is 20.7 Å². The van der Waals surface area contributed by atoms with Gasteiger partial charge in [0.2, 0.25) is 0 Å². The Kier molecular flexibility index (Phi) is 6.08. The van der Waals surface area contributed by atoms with E-state index in [0.717, 1.165) is 41.8 Å². The highest BCUT2D eigenvalue weighted by Crippen LogP contribution is 2.33. The Labute approximate surface area is 198 Å². The second-order valence-corrected chi connectivity index (χ2v) is 8.58. The van der Waals surface area contributed by atoms with Gasteiger partial charge in [-0.2, -0.15) is 0 Å². The van der Waals surface area contributed by atoms with Gasteiger partial charge < -0.3 is 14.2 Å². The summed E-state index contributed by atoms with van der Waals surface area (Å²) in [5, 5.41) is 1.86. The maximum absolute atomic E-state index is 13.0. The Morgan fingerprint density at radius 1 is 1.03 bits per heavy atom. The summed E-state index contributed by atoms with van der Waals surface area (Å²) in [6.07, 6.45) is 2.87. The minimum Gasteiger partial charge on any atom is -0.496 e. The molecule has 0 unspecified atom stereocenters. The van der Waals surface area contributed by atoms with Gasteiger partial charge in [0.15, 0.2) is 0 Å². The summed E-state index contributed by atoms with van der Waals surface area (Å²) in [4.78, 5) is 15.4. The molecule has 0 spiro atoms. The smallest absolute Gasteiger partial charge is 0.255 e. The van der Waals surface area contributed by atoms with Gasteiger partial charge in [-0.05, 0) is 54.6 Å². The van der Waals surface area contributed by atoms with Gasteiger partial charge in [-0.15, -0.1) is 12.4 Å². The van der Waals surface area contributed by atoms with Crippen LogP contribution in [-0.4, -0.2) is 34.7 Å². The van der Waals surface area contributed by atoms with Crippen LogP contribution < -0.4 is 10.3 Å². The van der Waals surface area contributed by atoms with Crippen LogP contribution in [0.2, 0.25) is 5.02 Å². The first-order valence-corrected chi connectivity index (χ1v) is 10.7. The van der Waals surface area contributed by atoms with Crippen molar-refractivity contribution in [3.8, 4) is 22.6 Å². The number of halogens is 2. The van der Waals surface area contributed by atoms with Crippen LogP contribution in [0.15, 0.2) is 59.5 Å². The van der Waals surface area contributed by atoms with Crippen LogP contribution in [0, 0.1) is 0 Å². The summed E-state index contributed by atoms with van der Waals surface area (Å²) in [6.45, 7) is 2.03. The van der Waals surface area contributed by atoms with Gasteiger partial charge in [-0.1, -0.05) is 17.7 Å². The minimum absolute atomic E-state index is 0. The number of nitrogens with zero attached hydrogens (tertiary/aromatic N) is 3. The van der Waals surface area contributed by atoms with E-state index >= 15 is 0 Å². The number of aromatic nitrogens is 2. The topological polar surface area (TPSA) is 39.4 Å². The second-order valence-electron chi connectivity index (χ2n) is 8.14. The van der Waals surface area contributed by atoms with Crippen molar-refractivity contribution in [3.05, 3.63) is 81.4 Å². The second kappa shape index (κ2) is 8.66. The Morgan fingerprint density at radius 3 is 2.59 bits per heavy atom. The molecule has 0 N–H and O–H groups in total. The maximum Gasteiger partial charge on any atom is 0.255 e. The number of fused-ring (bicyclic) bond motifs is 3. The first-order valence-electron chi connectivity index (χ1n) is 10.3. The third kappa shape index (κ3) is 3.71. The van der Waals surface area contributed by atoms with E-state index in [4.69, 9.17) is 16.3 Å². The number of hydrogen-bond acceptors (Lipinski definition) is 3. The van der Waals surface area contributed by atoms with Crippen LogP contribution in [0.3, 0.4) is 0 Å². The molecule has 7 heteroatoms. The van der Waals surface area contributed by atoms with E-state index in [1.165, 1.54) is 16.6 Å². The van der Waals surface area contributed by atoms with Crippen LogP contribution in [0.5, 0.6) is 5.75 Å². The van der Waals surface area contributed by atoms with E-state index in [9.17, 15) is 4.79 Å². The van der Waals surface area contributed by atoms with Crippen LogP contribution >= 0.6 is 24.0 Å². The van der Waals surface area contributed by atoms with E-state index in [0.29, 0.717) is 10.8 Å². The van der Waals surface area contributed by atoms with Crippen molar-refractivity contribution in [1.82, 2.24) is 14.0 Å². The number of pyridine rings is 1. The lowest BCUT2D eigenvalue weighted by Crippen LogP contribution is -2.26. The average molecular weight is 470 g/mol. The summed E-state index contributed by atoms with van der Waals surface area (Å²) in [6, 6.07) is 15.3. The lowest BCUT2D eigenvalue weighted by Gasteiger charge is -2.23. The molecule has 5 rings (SSSR count). The molecule has 3 heterocycles. The summed E-state index contributed by atoms with van der Waals surface area (Å²) < 4.78 is 9.41. The number of aryl methyl sites for hydroxylation is 1. The number of rotatable bonds is 3. The third-order valence-electron chi connectivity index (χ3n) is 6.25. The molecular weight excluding hydrogens is 445 g/mol. The maximum atomic E-state index is 13.0. The van der Waals surface area contributed by atoms with Crippen molar-refractivity contribution < 1.29 is 4.74 Å². The fraction of sp³-hybridized carbons (Fsp3) is 0.240. The van der Waals surface area contributed by atoms with E-state index < -0.39 is 0 Å². The van der Waals surface area contributed by atoms with Gasteiger partial charge >= 0.3 is 0 Å². The standard InChI is InChI=1S/C25H24ClN3O2.ClH/c1-27-10-9-22-21(15-27)20-7-5-18(14-23(20)28(22)2)29-11-8-16(12-25(29)30)19-6-4-17(26)13-24(19)31-3;/h4-8,11-14H,9-10,15H2,1-3H3;1H. The lowest BCUT2D eigenvalue weighted by molar-refractivity contribution is 0.310. The highest BCUT2D eigenvalue weighted by molar-refractivity contribution is 6.30. The predicted molar refractivity (Wildman–Crippen MR) is 133 cm³/mol. The summed E-state index contributed by atoms with van der Waals surface area (Å²) in [5.74, 6) is 0.644. The molecule has 0 radical (unpaired) electrons. The first-order chi connectivity index (χ1) is 15.0. The number of likely N-dealkylation sites (N-methyl/N-ethyl adjacent to an activating group) is 1. The average Bonchev–Trinajstić information content (AvgIpc) is 3.04. The molecule has 4 aromatic rings. The molecule has 32 heavy (non-hydrogen) atoms. The molecule has 0 fully saturated rings. The van der Waals surface area contributed by atoms with Crippen LogP contribution in [0.4, 0.5) is 0 Å². The van der Waals surface area contributed by atoms with Gasteiger partial charge in [0.05, 0.1) is 18.3 Å². The molecule has 1 aliphatic rings. The quantitative estimate of drug-likeness (QED) is 0.420. The molecule has 0 amide bonds. The molecule has 1 aliphatic heterocycles. The number of hydrogen-bond donors (Lipinski definition) is 0. The van der Waals surface area contributed by atoms with E-state index in [-0.39, 0.29) is 18.0 Å². The summed E-state index contributed by atoms with van der Waals surface area (Å²) in [5.41, 5.74) is 6.36. The van der Waals surface area contributed by atoms with E-state index in [2.05, 4.69) is 35.7 Å². The van der Waals surface area contributed by atoms with Crippen LogP contribution in [0.1, 0.15) is 11.3 Å². The van der Waals surface area contributed by atoms with Crippen LogP contribution in [0.25, 0.3) is 27.7 Å². The molecule has 0 aliphatic carbocycles. The molecule has 0 bridgehead atoms. The number of methoxy groups -OCH3 is 1. The highest BCUT2D eigenvalue weighted by atomic mass is 35.5. The van der Waals surface area contributed by atoms with E-state index in [1.807, 2.05) is 24.4 Å². The minimum atomic E-state index is -0.0902. The highest BCUT2D eigenvalue weighted by Gasteiger charge is 2.21. The Bertz CT molecular complexity index is 1370. The normalized spacial score (nSPS) is 13.6. The molecule has 2 aromatic carbocycles. The van der Waals surface area contributed by atoms with Gasteiger partial charge in [0.1, 0.15) is 5.75 Å².